The zero-order valence-electron chi connectivity index (χ0n) is 9.12. The summed E-state index contributed by atoms with van der Waals surface area (Å²) in [4.78, 5) is 10.1. The Morgan fingerprint density at radius 2 is 1.79 bits per heavy atom. The number of aldehydes is 1. The van der Waals surface area contributed by atoms with Crippen LogP contribution in [0.3, 0.4) is 0 Å². The van der Waals surface area contributed by atoms with Gasteiger partial charge in [0.15, 0.2) is 0 Å². The largest absolute Gasteiger partial charge is 0.497 e. The predicted molar refractivity (Wildman–Crippen MR) is 58.7 cm³/mol. The van der Waals surface area contributed by atoms with E-state index in [1.807, 2.05) is 38.1 Å². The third-order valence-corrected chi connectivity index (χ3v) is 1.71. The lowest BCUT2D eigenvalue weighted by Gasteiger charge is -2.00. The van der Waals surface area contributed by atoms with E-state index in [0.717, 1.165) is 18.5 Å². The van der Waals surface area contributed by atoms with E-state index in [9.17, 15) is 4.79 Å². The molecule has 0 spiro atoms. The molecule has 1 rings (SSSR count). The van der Waals surface area contributed by atoms with Crippen molar-refractivity contribution in [2.45, 2.75) is 26.7 Å². The molecular formula is C12H18O2. The van der Waals surface area contributed by atoms with Crippen LogP contribution >= 0.6 is 0 Å². The van der Waals surface area contributed by atoms with Crippen LogP contribution in [0.25, 0.3) is 0 Å². The maximum Gasteiger partial charge on any atom is 0.120 e. The maximum absolute atomic E-state index is 10.1. The first-order valence-electron chi connectivity index (χ1n) is 4.93. The minimum atomic E-state index is 0.590. The van der Waals surface area contributed by atoms with Gasteiger partial charge in [-0.2, -0.15) is 0 Å². The molecule has 78 valence electrons. The van der Waals surface area contributed by atoms with Gasteiger partial charge in [-0.3, -0.25) is 0 Å². The second-order valence-corrected chi connectivity index (χ2v) is 2.55. The molecule has 0 atom stereocenters. The van der Waals surface area contributed by atoms with Gasteiger partial charge >= 0.3 is 0 Å². The molecule has 0 amide bonds. The highest BCUT2D eigenvalue weighted by Crippen LogP contribution is 2.11. The van der Waals surface area contributed by atoms with Crippen molar-refractivity contribution in [1.82, 2.24) is 0 Å². The van der Waals surface area contributed by atoms with E-state index in [2.05, 4.69) is 0 Å². The summed E-state index contributed by atoms with van der Waals surface area (Å²) >= 11 is 0. The fraction of sp³-hybridized carbons (Fsp3) is 0.417. The van der Waals surface area contributed by atoms with Gasteiger partial charge in [-0.05, 0) is 24.1 Å². The molecule has 0 N–H and O–H groups in total. The topological polar surface area (TPSA) is 26.3 Å². The number of carbonyl (C=O) groups is 1. The highest BCUT2D eigenvalue weighted by atomic mass is 16.5. The van der Waals surface area contributed by atoms with E-state index in [1.54, 1.807) is 7.11 Å². The Morgan fingerprint density at radius 1 is 1.21 bits per heavy atom. The van der Waals surface area contributed by atoms with Crippen LogP contribution in [0, 0.1) is 0 Å². The Bertz CT molecular complexity index is 239. The van der Waals surface area contributed by atoms with Gasteiger partial charge in [-0.15, -0.1) is 0 Å². The van der Waals surface area contributed by atoms with Crippen LogP contribution in [0.1, 0.15) is 25.8 Å². The molecule has 1 aromatic rings. The molecule has 0 fully saturated rings. The summed E-state index contributed by atoms with van der Waals surface area (Å²) in [7, 11) is 1.64. The molecule has 0 saturated heterocycles. The molecule has 0 aliphatic rings. The number of hydrogen-bond acceptors (Lipinski definition) is 2. The zero-order valence-corrected chi connectivity index (χ0v) is 9.12. The van der Waals surface area contributed by atoms with Crippen LogP contribution in [-0.4, -0.2) is 13.4 Å². The zero-order chi connectivity index (χ0) is 10.8. The molecule has 0 radical (unpaired) electrons. The first kappa shape index (κ1) is 12.7. The molecule has 0 aliphatic heterocycles. The minimum Gasteiger partial charge on any atom is -0.497 e. The van der Waals surface area contributed by atoms with Gasteiger partial charge in [0.2, 0.25) is 0 Å². The molecule has 0 heterocycles. The summed E-state index contributed by atoms with van der Waals surface area (Å²) in [5.74, 6) is 0.852. The highest BCUT2D eigenvalue weighted by molar-refractivity contribution is 5.50. The van der Waals surface area contributed by atoms with E-state index in [1.165, 1.54) is 5.56 Å². The van der Waals surface area contributed by atoms with Crippen molar-refractivity contribution in [3.8, 4) is 5.75 Å². The first-order chi connectivity index (χ1) is 6.86. The van der Waals surface area contributed by atoms with Gasteiger partial charge in [0.1, 0.15) is 12.0 Å². The Morgan fingerprint density at radius 3 is 2.21 bits per heavy atom. The van der Waals surface area contributed by atoms with Gasteiger partial charge in [0, 0.05) is 6.42 Å². The third kappa shape index (κ3) is 4.65. The number of carbonyl (C=O) groups excluding carboxylic acids is 1. The number of rotatable bonds is 4. The van der Waals surface area contributed by atoms with Gasteiger partial charge in [0.05, 0.1) is 7.11 Å². The molecule has 0 bridgehead atoms. The monoisotopic (exact) mass is 194 g/mol. The van der Waals surface area contributed by atoms with E-state index in [4.69, 9.17) is 4.74 Å². The highest BCUT2D eigenvalue weighted by Gasteiger charge is 1.92. The molecule has 2 nitrogen and oxygen atoms in total. The summed E-state index contributed by atoms with van der Waals surface area (Å²) < 4.78 is 5.00. The van der Waals surface area contributed by atoms with Crippen molar-refractivity contribution in [2.75, 3.05) is 7.11 Å². The van der Waals surface area contributed by atoms with E-state index >= 15 is 0 Å². The van der Waals surface area contributed by atoms with Crippen LogP contribution in [0.4, 0.5) is 0 Å². The quantitative estimate of drug-likeness (QED) is 0.689. The van der Waals surface area contributed by atoms with Crippen molar-refractivity contribution in [2.24, 2.45) is 0 Å². The Hall–Kier alpha value is -1.31. The summed E-state index contributed by atoms with van der Waals surface area (Å²) in [6, 6.07) is 7.75. The van der Waals surface area contributed by atoms with Crippen LogP contribution in [-0.2, 0) is 11.2 Å². The summed E-state index contributed by atoms with van der Waals surface area (Å²) in [5.41, 5.74) is 1.17. The summed E-state index contributed by atoms with van der Waals surface area (Å²) in [6.45, 7) is 4.00. The first-order valence-corrected chi connectivity index (χ1v) is 4.93. The van der Waals surface area contributed by atoms with Crippen molar-refractivity contribution in [1.29, 1.82) is 0 Å². The van der Waals surface area contributed by atoms with Crippen LogP contribution in [0.5, 0.6) is 5.75 Å². The standard InChI is InChI=1S/C10H12O2.C2H6/c1-12-10-6-4-9(5-7-10)3-2-8-11;1-2/h4-8H,2-3H2,1H3;1-2H3. The third-order valence-electron chi connectivity index (χ3n) is 1.71. The lowest BCUT2D eigenvalue weighted by atomic mass is 10.1. The molecule has 1 aromatic carbocycles. The van der Waals surface area contributed by atoms with Crippen LogP contribution in [0.2, 0.25) is 0 Å². The SMILES string of the molecule is CC.COc1ccc(CCC=O)cc1. The van der Waals surface area contributed by atoms with Crippen molar-refractivity contribution in [3.05, 3.63) is 29.8 Å². The lowest BCUT2D eigenvalue weighted by Crippen LogP contribution is -1.87. The molecule has 0 aliphatic carbocycles. The molecule has 14 heavy (non-hydrogen) atoms. The van der Waals surface area contributed by atoms with Gasteiger partial charge in [-0.1, -0.05) is 26.0 Å². The molecular weight excluding hydrogens is 176 g/mol. The molecule has 2 heteroatoms. The second-order valence-electron chi connectivity index (χ2n) is 2.55. The average molecular weight is 194 g/mol. The average Bonchev–Trinajstić information content (AvgIpc) is 2.30. The number of ether oxygens (including phenoxy) is 1. The van der Waals surface area contributed by atoms with Crippen molar-refractivity contribution in [3.63, 3.8) is 0 Å². The Kier molecular flexibility index (Phi) is 7.52. The van der Waals surface area contributed by atoms with E-state index in [-0.39, 0.29) is 0 Å². The van der Waals surface area contributed by atoms with Crippen LogP contribution in [0.15, 0.2) is 24.3 Å². The van der Waals surface area contributed by atoms with Crippen molar-refractivity contribution < 1.29 is 9.53 Å². The Balaban J connectivity index is 0.000000791. The van der Waals surface area contributed by atoms with Gasteiger partial charge < -0.3 is 9.53 Å². The fourth-order valence-corrected chi connectivity index (χ4v) is 1.02. The lowest BCUT2D eigenvalue weighted by molar-refractivity contribution is -0.107. The number of methoxy groups -OCH3 is 1. The minimum absolute atomic E-state index is 0.590. The number of hydrogen-bond donors (Lipinski definition) is 0. The fourth-order valence-electron chi connectivity index (χ4n) is 1.02. The smallest absolute Gasteiger partial charge is 0.120 e. The van der Waals surface area contributed by atoms with E-state index < -0.39 is 0 Å². The normalized spacial score (nSPS) is 8.50. The van der Waals surface area contributed by atoms with Gasteiger partial charge in [0.25, 0.3) is 0 Å². The molecule has 0 unspecified atom stereocenters. The van der Waals surface area contributed by atoms with Crippen LogP contribution < -0.4 is 4.74 Å². The van der Waals surface area contributed by atoms with Gasteiger partial charge in [-0.25, -0.2) is 0 Å². The molecule has 0 aromatic heterocycles. The number of benzene rings is 1. The second kappa shape index (κ2) is 8.30. The number of aryl methyl sites for hydroxylation is 1. The molecule has 0 saturated carbocycles. The Labute approximate surface area is 85.9 Å². The van der Waals surface area contributed by atoms with E-state index in [0.29, 0.717) is 6.42 Å². The maximum atomic E-state index is 10.1. The summed E-state index contributed by atoms with van der Waals surface area (Å²) in [6.07, 6.45) is 2.34. The summed E-state index contributed by atoms with van der Waals surface area (Å²) in [5, 5.41) is 0. The predicted octanol–water partition coefficient (Wildman–Crippen LogP) is 2.85. The van der Waals surface area contributed by atoms with Crippen molar-refractivity contribution >= 4 is 6.29 Å².